The molecule has 6 nitrogen and oxygen atoms in total. The van der Waals surface area contributed by atoms with Gasteiger partial charge in [-0.1, -0.05) is 0 Å². The fourth-order valence-electron chi connectivity index (χ4n) is 1.30. The Kier molecular flexibility index (Phi) is 5.10. The number of aryl methyl sites for hydroxylation is 1. The van der Waals surface area contributed by atoms with Crippen molar-refractivity contribution in [1.82, 2.24) is 15.1 Å². The average Bonchev–Trinajstić information content (AvgIpc) is 2.72. The van der Waals surface area contributed by atoms with E-state index in [-0.39, 0.29) is 5.91 Å². The lowest BCUT2D eigenvalue weighted by Gasteiger charge is -2.10. The van der Waals surface area contributed by atoms with Crippen LogP contribution in [0.2, 0.25) is 0 Å². The lowest BCUT2D eigenvalue weighted by atomic mass is 10.3. The van der Waals surface area contributed by atoms with Crippen molar-refractivity contribution in [3.8, 4) is 0 Å². The van der Waals surface area contributed by atoms with E-state index in [1.165, 1.54) is 6.08 Å². The first-order valence-corrected chi connectivity index (χ1v) is 5.67. The molecule has 1 heterocycles. The Morgan fingerprint density at radius 2 is 2.33 bits per heavy atom. The highest BCUT2D eigenvalue weighted by Crippen LogP contribution is 1.99. The Bertz CT molecular complexity index is 451. The predicted octanol–water partition coefficient (Wildman–Crippen LogP) is 0.501. The van der Waals surface area contributed by atoms with Gasteiger partial charge < -0.3 is 10.1 Å². The highest BCUT2D eigenvalue weighted by atomic mass is 16.5. The molecule has 1 amide bonds. The van der Waals surface area contributed by atoms with Gasteiger partial charge >= 0.3 is 5.97 Å². The summed E-state index contributed by atoms with van der Waals surface area (Å²) in [6, 6.07) is 1.12. The largest absolute Gasteiger partial charge is 0.464 e. The standard InChI is InChI=1S/C12H17N3O3/c1-4-18-12(17)9(2)14-11(16)6-5-10-7-8-13-15(10)3/h5-9H,4H2,1-3H3,(H,14,16). The normalized spacial score (nSPS) is 12.4. The van der Waals surface area contributed by atoms with E-state index in [1.54, 1.807) is 43.9 Å². The SMILES string of the molecule is CCOC(=O)C(C)NC(=O)C=Cc1ccnn1C. The van der Waals surface area contributed by atoms with Gasteiger partial charge in [-0.25, -0.2) is 4.79 Å². The summed E-state index contributed by atoms with van der Waals surface area (Å²) < 4.78 is 6.42. The van der Waals surface area contributed by atoms with Gasteiger partial charge in [-0.05, 0) is 26.0 Å². The number of esters is 1. The van der Waals surface area contributed by atoms with Crippen LogP contribution in [-0.4, -0.2) is 34.3 Å². The highest BCUT2D eigenvalue weighted by Gasteiger charge is 2.14. The number of nitrogens with one attached hydrogen (secondary N) is 1. The minimum absolute atomic E-state index is 0.296. The van der Waals surface area contributed by atoms with E-state index in [0.717, 1.165) is 5.69 Å². The number of nitrogens with zero attached hydrogens (tertiary/aromatic N) is 2. The Hall–Kier alpha value is -2.11. The van der Waals surface area contributed by atoms with E-state index in [0.29, 0.717) is 6.61 Å². The molecular formula is C12H17N3O3. The fraction of sp³-hybridized carbons (Fsp3) is 0.417. The maximum absolute atomic E-state index is 11.5. The average molecular weight is 251 g/mol. The van der Waals surface area contributed by atoms with Crippen LogP contribution in [0.15, 0.2) is 18.3 Å². The third-order valence-electron chi connectivity index (χ3n) is 2.26. The molecule has 1 aromatic heterocycles. The molecule has 0 saturated carbocycles. The van der Waals surface area contributed by atoms with Crippen LogP contribution in [0.25, 0.3) is 6.08 Å². The van der Waals surface area contributed by atoms with Crippen molar-refractivity contribution in [2.75, 3.05) is 6.61 Å². The second-order valence-corrected chi connectivity index (χ2v) is 3.70. The van der Waals surface area contributed by atoms with Crippen molar-refractivity contribution in [1.29, 1.82) is 0 Å². The van der Waals surface area contributed by atoms with Crippen LogP contribution in [0.5, 0.6) is 0 Å². The van der Waals surface area contributed by atoms with Crippen LogP contribution < -0.4 is 5.32 Å². The monoisotopic (exact) mass is 251 g/mol. The summed E-state index contributed by atoms with van der Waals surface area (Å²) in [6.07, 6.45) is 4.62. The summed E-state index contributed by atoms with van der Waals surface area (Å²) >= 11 is 0. The zero-order chi connectivity index (χ0) is 13.5. The van der Waals surface area contributed by atoms with E-state index in [9.17, 15) is 9.59 Å². The van der Waals surface area contributed by atoms with Gasteiger partial charge in [-0.3, -0.25) is 9.48 Å². The molecule has 1 aromatic rings. The molecule has 1 atom stereocenters. The van der Waals surface area contributed by atoms with Crippen LogP contribution in [0.4, 0.5) is 0 Å². The third kappa shape index (κ3) is 4.04. The summed E-state index contributed by atoms with van der Waals surface area (Å²) in [6.45, 7) is 3.59. The van der Waals surface area contributed by atoms with Crippen LogP contribution in [-0.2, 0) is 21.4 Å². The zero-order valence-electron chi connectivity index (χ0n) is 10.7. The molecule has 0 aliphatic heterocycles. The smallest absolute Gasteiger partial charge is 0.328 e. The minimum atomic E-state index is -0.659. The van der Waals surface area contributed by atoms with Gasteiger partial charge in [0.15, 0.2) is 0 Å². The second kappa shape index (κ2) is 6.58. The number of carbonyl (C=O) groups is 2. The molecule has 1 unspecified atom stereocenters. The van der Waals surface area contributed by atoms with Crippen LogP contribution >= 0.6 is 0 Å². The molecule has 1 rings (SSSR count). The van der Waals surface area contributed by atoms with Gasteiger partial charge in [0.25, 0.3) is 0 Å². The van der Waals surface area contributed by atoms with Gasteiger partial charge in [-0.15, -0.1) is 0 Å². The molecule has 0 bridgehead atoms. The molecule has 0 aliphatic rings. The number of carbonyl (C=O) groups excluding carboxylic acids is 2. The number of amides is 1. The van der Waals surface area contributed by atoms with E-state index < -0.39 is 12.0 Å². The Balaban J connectivity index is 2.49. The molecule has 0 spiro atoms. The Morgan fingerprint density at radius 1 is 1.61 bits per heavy atom. The maximum Gasteiger partial charge on any atom is 0.328 e. The summed E-state index contributed by atoms with van der Waals surface area (Å²) in [5.74, 6) is -0.795. The Morgan fingerprint density at radius 3 is 2.89 bits per heavy atom. The van der Waals surface area contributed by atoms with E-state index in [2.05, 4.69) is 10.4 Å². The van der Waals surface area contributed by atoms with Gasteiger partial charge in [0.2, 0.25) is 5.91 Å². The van der Waals surface area contributed by atoms with Crippen molar-refractivity contribution in [3.05, 3.63) is 24.0 Å². The zero-order valence-corrected chi connectivity index (χ0v) is 10.7. The first-order chi connectivity index (χ1) is 8.54. The molecule has 18 heavy (non-hydrogen) atoms. The summed E-state index contributed by atoms with van der Waals surface area (Å²) in [5, 5.41) is 6.48. The van der Waals surface area contributed by atoms with Crippen LogP contribution in [0.1, 0.15) is 19.5 Å². The number of rotatable bonds is 5. The van der Waals surface area contributed by atoms with Gasteiger partial charge in [0.05, 0.1) is 12.3 Å². The maximum atomic E-state index is 11.5. The lowest BCUT2D eigenvalue weighted by Crippen LogP contribution is -2.38. The van der Waals surface area contributed by atoms with Crippen molar-refractivity contribution >= 4 is 18.0 Å². The number of aromatic nitrogens is 2. The molecule has 0 aromatic carbocycles. The van der Waals surface area contributed by atoms with Crippen LogP contribution in [0.3, 0.4) is 0 Å². The first-order valence-electron chi connectivity index (χ1n) is 5.67. The summed E-state index contributed by atoms with van der Waals surface area (Å²) in [5.41, 5.74) is 0.800. The molecule has 0 fully saturated rings. The van der Waals surface area contributed by atoms with E-state index in [4.69, 9.17) is 4.74 Å². The minimum Gasteiger partial charge on any atom is -0.464 e. The molecule has 0 aliphatic carbocycles. The Labute approximate surface area is 106 Å². The number of hydrogen-bond donors (Lipinski definition) is 1. The molecular weight excluding hydrogens is 234 g/mol. The van der Waals surface area contributed by atoms with Crippen molar-refractivity contribution in [2.45, 2.75) is 19.9 Å². The van der Waals surface area contributed by atoms with E-state index in [1.807, 2.05) is 0 Å². The van der Waals surface area contributed by atoms with Crippen molar-refractivity contribution in [2.24, 2.45) is 7.05 Å². The third-order valence-corrected chi connectivity index (χ3v) is 2.26. The summed E-state index contributed by atoms with van der Waals surface area (Å²) in [4.78, 5) is 22.8. The topological polar surface area (TPSA) is 73.2 Å². The quantitative estimate of drug-likeness (QED) is 0.611. The first kappa shape index (κ1) is 14.0. The summed E-state index contributed by atoms with van der Waals surface area (Å²) in [7, 11) is 1.78. The molecule has 98 valence electrons. The molecule has 0 radical (unpaired) electrons. The van der Waals surface area contributed by atoms with Gasteiger partial charge in [0.1, 0.15) is 6.04 Å². The van der Waals surface area contributed by atoms with Crippen molar-refractivity contribution in [3.63, 3.8) is 0 Å². The van der Waals surface area contributed by atoms with Gasteiger partial charge in [0, 0.05) is 19.3 Å². The predicted molar refractivity (Wildman–Crippen MR) is 66.5 cm³/mol. The van der Waals surface area contributed by atoms with E-state index >= 15 is 0 Å². The number of ether oxygens (including phenoxy) is 1. The van der Waals surface area contributed by atoms with Crippen LogP contribution in [0, 0.1) is 0 Å². The van der Waals surface area contributed by atoms with Crippen molar-refractivity contribution < 1.29 is 14.3 Å². The van der Waals surface area contributed by atoms with Gasteiger partial charge in [-0.2, -0.15) is 5.10 Å². The molecule has 6 heteroatoms. The molecule has 0 saturated heterocycles. The second-order valence-electron chi connectivity index (χ2n) is 3.70. The number of hydrogen-bond acceptors (Lipinski definition) is 4. The molecule has 1 N–H and O–H groups in total. The fourth-order valence-corrected chi connectivity index (χ4v) is 1.30. The lowest BCUT2D eigenvalue weighted by molar-refractivity contribution is -0.146. The highest BCUT2D eigenvalue weighted by molar-refractivity contribution is 5.94.